The molecule has 0 fully saturated rings. The zero-order valence-corrected chi connectivity index (χ0v) is 12.8. The van der Waals surface area contributed by atoms with Gasteiger partial charge in [-0.25, -0.2) is 9.59 Å². The van der Waals surface area contributed by atoms with Gasteiger partial charge < -0.3 is 10.1 Å². The zero-order valence-electron chi connectivity index (χ0n) is 12.8. The van der Waals surface area contributed by atoms with Crippen LogP contribution in [0.15, 0.2) is 9.32 Å². The van der Waals surface area contributed by atoms with Crippen LogP contribution in [-0.4, -0.2) is 28.0 Å². The summed E-state index contributed by atoms with van der Waals surface area (Å²) in [6, 6.07) is 0.0242. The number of alkyl carbamates (subject to hydrolysis) is 1. The monoisotopic (exact) mass is 297 g/mol. The molecule has 0 saturated carbocycles. The highest BCUT2D eigenvalue weighted by Gasteiger charge is 2.23. The molecular weight excluding hydrogens is 274 g/mol. The van der Waals surface area contributed by atoms with Gasteiger partial charge in [-0.15, -0.1) is 0 Å². The lowest BCUT2D eigenvalue weighted by atomic mass is 10.1. The number of carbonyl (C=O) groups excluding carboxylic acids is 1. The van der Waals surface area contributed by atoms with Crippen molar-refractivity contribution in [2.24, 2.45) is 0 Å². The Kier molecular flexibility index (Phi) is 4.69. The third kappa shape index (κ3) is 4.34. The molecule has 2 heterocycles. The number of rotatable bonds is 3. The number of aromatic nitrogens is 2. The fourth-order valence-corrected chi connectivity index (χ4v) is 2.53. The maximum Gasteiger partial charge on any atom is 0.441 e. The van der Waals surface area contributed by atoms with Crippen molar-refractivity contribution in [2.75, 3.05) is 6.54 Å². The molecule has 7 nitrogen and oxygen atoms in total. The molecule has 1 aliphatic heterocycles. The van der Waals surface area contributed by atoms with Crippen LogP contribution in [0.2, 0.25) is 0 Å². The fourth-order valence-electron chi connectivity index (χ4n) is 2.53. The minimum absolute atomic E-state index is 0.0242. The molecule has 1 N–H and O–H groups in total. The van der Waals surface area contributed by atoms with Gasteiger partial charge in [0.15, 0.2) is 5.82 Å². The van der Waals surface area contributed by atoms with Crippen molar-refractivity contribution in [3.63, 3.8) is 0 Å². The van der Waals surface area contributed by atoms with Gasteiger partial charge in [0.2, 0.25) is 0 Å². The summed E-state index contributed by atoms with van der Waals surface area (Å²) < 4.78 is 11.6. The van der Waals surface area contributed by atoms with E-state index in [4.69, 9.17) is 9.26 Å². The molecule has 7 heteroatoms. The van der Waals surface area contributed by atoms with Crippen LogP contribution < -0.4 is 11.1 Å². The van der Waals surface area contributed by atoms with E-state index < -0.39 is 17.5 Å². The standard InChI is InChI=1S/C14H23N3O4/c1-14(2,3)20-12(18)15-9-8-10-6-4-5-7-11-16-21-13(19)17(10)11/h10H,4-9H2,1-3H3,(H,15,18). The van der Waals surface area contributed by atoms with E-state index in [-0.39, 0.29) is 6.04 Å². The van der Waals surface area contributed by atoms with Crippen LogP contribution >= 0.6 is 0 Å². The molecule has 1 amide bonds. The molecule has 1 atom stereocenters. The lowest BCUT2D eigenvalue weighted by Crippen LogP contribution is -2.34. The predicted molar refractivity (Wildman–Crippen MR) is 76.2 cm³/mol. The Labute approximate surface area is 123 Å². The SMILES string of the molecule is CC(C)(C)OC(=O)NCCC1CCCCc2noc(=O)n21. The van der Waals surface area contributed by atoms with E-state index in [1.807, 2.05) is 20.8 Å². The average molecular weight is 297 g/mol. The van der Waals surface area contributed by atoms with Crippen LogP contribution in [-0.2, 0) is 11.2 Å². The van der Waals surface area contributed by atoms with Crippen LogP contribution in [0.3, 0.4) is 0 Å². The minimum atomic E-state index is -0.509. The number of aryl methyl sites for hydroxylation is 1. The van der Waals surface area contributed by atoms with Crippen LogP contribution in [0.1, 0.15) is 58.3 Å². The summed E-state index contributed by atoms with van der Waals surface area (Å²) in [7, 11) is 0. The predicted octanol–water partition coefficient (Wildman–Crippen LogP) is 2.02. The van der Waals surface area contributed by atoms with E-state index in [1.165, 1.54) is 0 Å². The topological polar surface area (TPSA) is 86.4 Å². The van der Waals surface area contributed by atoms with Crippen LogP contribution in [0.5, 0.6) is 0 Å². The Morgan fingerprint density at radius 2 is 2.24 bits per heavy atom. The van der Waals surface area contributed by atoms with Crippen LogP contribution in [0, 0.1) is 0 Å². The Hall–Kier alpha value is -1.79. The Morgan fingerprint density at radius 1 is 1.48 bits per heavy atom. The lowest BCUT2D eigenvalue weighted by molar-refractivity contribution is 0.0525. The second-order valence-electron chi connectivity index (χ2n) is 6.35. The van der Waals surface area contributed by atoms with Crippen molar-refractivity contribution in [1.29, 1.82) is 0 Å². The van der Waals surface area contributed by atoms with Crippen molar-refractivity contribution < 1.29 is 14.1 Å². The van der Waals surface area contributed by atoms with Gasteiger partial charge in [0.05, 0.1) is 0 Å². The molecular formula is C14H23N3O4. The summed E-state index contributed by atoms with van der Waals surface area (Å²) in [5, 5.41) is 6.54. The molecule has 2 rings (SSSR count). The summed E-state index contributed by atoms with van der Waals surface area (Å²) in [6.07, 6.45) is 3.93. The van der Waals surface area contributed by atoms with Gasteiger partial charge in [-0.1, -0.05) is 11.6 Å². The largest absolute Gasteiger partial charge is 0.444 e. The van der Waals surface area contributed by atoms with E-state index >= 15 is 0 Å². The third-order valence-corrected chi connectivity index (χ3v) is 3.40. The van der Waals surface area contributed by atoms with Gasteiger partial charge in [0.25, 0.3) is 0 Å². The molecule has 0 aliphatic carbocycles. The van der Waals surface area contributed by atoms with Gasteiger partial charge in [-0.2, -0.15) is 0 Å². The number of amides is 1. The second-order valence-corrected chi connectivity index (χ2v) is 6.35. The van der Waals surface area contributed by atoms with Gasteiger partial charge >= 0.3 is 11.8 Å². The average Bonchev–Trinajstić information content (AvgIpc) is 2.60. The summed E-state index contributed by atoms with van der Waals surface area (Å²) in [4.78, 5) is 23.3. The van der Waals surface area contributed by atoms with Crippen LogP contribution in [0.4, 0.5) is 4.79 Å². The van der Waals surface area contributed by atoms with Gasteiger partial charge in [-0.3, -0.25) is 9.09 Å². The van der Waals surface area contributed by atoms with Gasteiger partial charge in [-0.05, 0) is 40.0 Å². The number of hydrogen-bond donors (Lipinski definition) is 1. The normalized spacial score (nSPS) is 18.7. The molecule has 0 spiro atoms. The first-order chi connectivity index (χ1) is 9.87. The molecule has 1 aromatic heterocycles. The Balaban J connectivity index is 1.90. The van der Waals surface area contributed by atoms with Crippen molar-refractivity contribution >= 4 is 6.09 Å². The molecule has 1 aliphatic rings. The zero-order chi connectivity index (χ0) is 15.5. The van der Waals surface area contributed by atoms with E-state index in [2.05, 4.69) is 10.5 Å². The Morgan fingerprint density at radius 3 is 2.95 bits per heavy atom. The smallest absolute Gasteiger partial charge is 0.441 e. The second kappa shape index (κ2) is 6.32. The fraction of sp³-hybridized carbons (Fsp3) is 0.786. The van der Waals surface area contributed by atoms with Crippen molar-refractivity contribution in [2.45, 2.75) is 64.5 Å². The quantitative estimate of drug-likeness (QED) is 0.922. The van der Waals surface area contributed by atoms with Crippen molar-refractivity contribution in [3.05, 3.63) is 16.4 Å². The molecule has 21 heavy (non-hydrogen) atoms. The van der Waals surface area contributed by atoms with E-state index in [9.17, 15) is 9.59 Å². The number of carbonyl (C=O) groups is 1. The first kappa shape index (κ1) is 15.6. The first-order valence-corrected chi connectivity index (χ1v) is 7.41. The van der Waals surface area contributed by atoms with Gasteiger partial charge in [0, 0.05) is 19.0 Å². The van der Waals surface area contributed by atoms with E-state index in [0.717, 1.165) is 25.7 Å². The Bertz CT molecular complexity index is 541. The molecule has 0 aromatic carbocycles. The summed E-state index contributed by atoms with van der Waals surface area (Å²) >= 11 is 0. The first-order valence-electron chi connectivity index (χ1n) is 7.41. The minimum Gasteiger partial charge on any atom is -0.444 e. The van der Waals surface area contributed by atoms with Gasteiger partial charge in [0.1, 0.15) is 5.60 Å². The number of ether oxygens (including phenoxy) is 1. The third-order valence-electron chi connectivity index (χ3n) is 3.40. The highest BCUT2D eigenvalue weighted by molar-refractivity contribution is 5.67. The summed E-state index contributed by atoms with van der Waals surface area (Å²) in [5.74, 6) is 0.300. The molecule has 0 radical (unpaired) electrons. The van der Waals surface area contributed by atoms with E-state index in [1.54, 1.807) is 4.57 Å². The number of nitrogens with one attached hydrogen (secondary N) is 1. The lowest BCUT2D eigenvalue weighted by Gasteiger charge is -2.20. The van der Waals surface area contributed by atoms with Crippen molar-refractivity contribution in [3.8, 4) is 0 Å². The molecule has 118 valence electrons. The molecule has 0 bridgehead atoms. The highest BCUT2D eigenvalue weighted by atomic mass is 16.6. The van der Waals surface area contributed by atoms with Crippen LogP contribution in [0.25, 0.3) is 0 Å². The maximum atomic E-state index is 11.7. The highest BCUT2D eigenvalue weighted by Crippen LogP contribution is 2.23. The molecule has 1 aromatic rings. The van der Waals surface area contributed by atoms with Crippen molar-refractivity contribution in [1.82, 2.24) is 15.0 Å². The number of fused-ring (bicyclic) bond motifs is 1. The molecule has 1 unspecified atom stereocenters. The van der Waals surface area contributed by atoms with E-state index in [0.29, 0.717) is 18.8 Å². The maximum absolute atomic E-state index is 11.7. The summed E-state index contributed by atoms with van der Waals surface area (Å²) in [5.41, 5.74) is -0.509. The summed E-state index contributed by atoms with van der Waals surface area (Å²) in [6.45, 7) is 5.92. The molecule has 0 saturated heterocycles. The number of hydrogen-bond acceptors (Lipinski definition) is 5. The number of nitrogens with zero attached hydrogens (tertiary/aromatic N) is 2.